The largest absolute Gasteiger partial charge is 0.491 e. The predicted octanol–water partition coefficient (Wildman–Crippen LogP) is 2.58. The van der Waals surface area contributed by atoms with Gasteiger partial charge >= 0.3 is 0 Å². The molecule has 0 atom stereocenters. The third-order valence-electron chi connectivity index (χ3n) is 4.86. The second-order valence-electron chi connectivity index (χ2n) is 6.62. The molecule has 0 N–H and O–H groups in total. The lowest BCUT2D eigenvalue weighted by atomic mass is 10.1. The Labute approximate surface area is 169 Å². The van der Waals surface area contributed by atoms with Gasteiger partial charge in [0.1, 0.15) is 31.6 Å². The third-order valence-corrected chi connectivity index (χ3v) is 5.06. The first-order valence-corrected chi connectivity index (χ1v) is 9.66. The fourth-order valence-corrected chi connectivity index (χ4v) is 3.60. The molecule has 7 nitrogen and oxygen atoms in total. The van der Waals surface area contributed by atoms with E-state index in [0.717, 1.165) is 38.4 Å². The van der Waals surface area contributed by atoms with Crippen molar-refractivity contribution in [3.05, 3.63) is 41.2 Å². The van der Waals surface area contributed by atoms with Gasteiger partial charge in [-0.15, -0.1) is 0 Å². The van der Waals surface area contributed by atoms with E-state index in [0.29, 0.717) is 47.7 Å². The first-order chi connectivity index (χ1) is 13.7. The van der Waals surface area contributed by atoms with E-state index in [1.807, 2.05) is 12.1 Å². The van der Waals surface area contributed by atoms with E-state index in [9.17, 15) is 5.26 Å². The van der Waals surface area contributed by atoms with Crippen LogP contribution < -0.4 is 19.1 Å². The van der Waals surface area contributed by atoms with E-state index < -0.39 is 0 Å². The average molecular weight is 401 g/mol. The van der Waals surface area contributed by atoms with Crippen LogP contribution in [0.4, 0.5) is 5.69 Å². The summed E-state index contributed by atoms with van der Waals surface area (Å²) in [5.74, 6) is 1.94. The highest BCUT2D eigenvalue weighted by atomic mass is 35.5. The van der Waals surface area contributed by atoms with Crippen molar-refractivity contribution >= 4 is 17.3 Å². The number of hydrogen-bond acceptors (Lipinski definition) is 7. The molecular formula is C20H21ClN4O3. The van der Waals surface area contributed by atoms with Gasteiger partial charge in [-0.1, -0.05) is 11.6 Å². The summed E-state index contributed by atoms with van der Waals surface area (Å²) in [6.45, 7) is 6.00. The summed E-state index contributed by atoms with van der Waals surface area (Å²) in [7, 11) is 0. The SMILES string of the molecule is N#Cc1ccc(N2CCN(CCOc3cncc(Cl)c3)CC2)c2c1OCCO2. The van der Waals surface area contributed by atoms with Crippen molar-refractivity contribution in [2.45, 2.75) is 0 Å². The number of aromatic nitrogens is 1. The van der Waals surface area contributed by atoms with Gasteiger partial charge in [0, 0.05) is 45.0 Å². The third kappa shape index (κ3) is 4.08. The van der Waals surface area contributed by atoms with Gasteiger partial charge in [-0.3, -0.25) is 9.88 Å². The van der Waals surface area contributed by atoms with Gasteiger partial charge in [0.25, 0.3) is 0 Å². The number of fused-ring (bicyclic) bond motifs is 1. The second-order valence-corrected chi connectivity index (χ2v) is 7.05. The summed E-state index contributed by atoms with van der Waals surface area (Å²) in [6, 6.07) is 7.70. The minimum Gasteiger partial charge on any atom is -0.491 e. The highest BCUT2D eigenvalue weighted by molar-refractivity contribution is 6.30. The molecule has 2 aliphatic rings. The molecule has 1 aromatic carbocycles. The predicted molar refractivity (Wildman–Crippen MR) is 106 cm³/mol. The van der Waals surface area contributed by atoms with Crippen molar-refractivity contribution in [1.82, 2.24) is 9.88 Å². The van der Waals surface area contributed by atoms with Gasteiger partial charge in [0.2, 0.25) is 0 Å². The number of anilines is 1. The second kappa shape index (κ2) is 8.55. The van der Waals surface area contributed by atoms with Crippen LogP contribution in [0.2, 0.25) is 5.02 Å². The topological polar surface area (TPSA) is 70.9 Å². The minimum atomic E-state index is 0.473. The fourth-order valence-electron chi connectivity index (χ4n) is 3.44. The molecule has 1 fully saturated rings. The molecule has 0 bridgehead atoms. The Morgan fingerprint density at radius 1 is 1.11 bits per heavy atom. The van der Waals surface area contributed by atoms with Gasteiger partial charge in [0.15, 0.2) is 11.5 Å². The van der Waals surface area contributed by atoms with Crippen molar-refractivity contribution in [3.8, 4) is 23.3 Å². The van der Waals surface area contributed by atoms with Gasteiger partial charge in [0.05, 0.1) is 22.5 Å². The molecule has 3 heterocycles. The Hall–Kier alpha value is -2.69. The van der Waals surface area contributed by atoms with Crippen LogP contribution in [0.1, 0.15) is 5.56 Å². The monoisotopic (exact) mass is 400 g/mol. The van der Waals surface area contributed by atoms with Crippen molar-refractivity contribution in [2.24, 2.45) is 0 Å². The first kappa shape index (κ1) is 18.7. The Kier molecular flexibility index (Phi) is 5.70. The molecular weight excluding hydrogens is 380 g/mol. The molecule has 2 aliphatic heterocycles. The highest BCUT2D eigenvalue weighted by Crippen LogP contribution is 2.42. The molecule has 0 aliphatic carbocycles. The van der Waals surface area contributed by atoms with Gasteiger partial charge < -0.3 is 19.1 Å². The Balaban J connectivity index is 1.33. The molecule has 0 saturated carbocycles. The quantitative estimate of drug-likeness (QED) is 0.763. The smallest absolute Gasteiger partial charge is 0.186 e. The molecule has 146 valence electrons. The number of piperazine rings is 1. The molecule has 0 amide bonds. The molecule has 0 radical (unpaired) electrons. The van der Waals surface area contributed by atoms with Crippen LogP contribution in [-0.4, -0.2) is 62.4 Å². The maximum Gasteiger partial charge on any atom is 0.186 e. The molecule has 2 aromatic rings. The highest BCUT2D eigenvalue weighted by Gasteiger charge is 2.25. The van der Waals surface area contributed by atoms with Crippen LogP contribution in [0.5, 0.6) is 17.2 Å². The van der Waals surface area contributed by atoms with Crippen molar-refractivity contribution in [3.63, 3.8) is 0 Å². The maximum absolute atomic E-state index is 9.28. The number of hydrogen-bond donors (Lipinski definition) is 0. The molecule has 0 spiro atoms. The molecule has 8 heteroatoms. The first-order valence-electron chi connectivity index (χ1n) is 9.28. The van der Waals surface area contributed by atoms with Crippen LogP contribution in [0.25, 0.3) is 0 Å². The molecule has 28 heavy (non-hydrogen) atoms. The van der Waals surface area contributed by atoms with Gasteiger partial charge in [-0.2, -0.15) is 5.26 Å². The standard InChI is InChI=1S/C20H21ClN4O3/c21-16-11-17(14-23-13-16)26-8-7-24-3-5-25(6-4-24)18-2-1-15(12-22)19-20(18)28-10-9-27-19/h1-2,11,13-14H,3-10H2. The number of halogens is 1. The Morgan fingerprint density at radius 3 is 2.64 bits per heavy atom. The van der Waals surface area contributed by atoms with E-state index in [4.69, 9.17) is 25.8 Å². The Bertz CT molecular complexity index is 878. The van der Waals surface area contributed by atoms with Crippen LogP contribution >= 0.6 is 11.6 Å². The lowest BCUT2D eigenvalue weighted by Crippen LogP contribution is -2.47. The van der Waals surface area contributed by atoms with Gasteiger partial charge in [-0.05, 0) is 12.1 Å². The van der Waals surface area contributed by atoms with E-state index in [1.165, 1.54) is 0 Å². The zero-order valence-corrected chi connectivity index (χ0v) is 16.2. The summed E-state index contributed by atoms with van der Waals surface area (Å²) in [5, 5.41) is 9.85. The number of rotatable bonds is 5. The lowest BCUT2D eigenvalue weighted by molar-refractivity contribution is 0.170. The Morgan fingerprint density at radius 2 is 1.89 bits per heavy atom. The lowest BCUT2D eigenvalue weighted by Gasteiger charge is -2.37. The number of pyridine rings is 1. The normalized spacial score (nSPS) is 16.5. The molecule has 4 rings (SSSR count). The van der Waals surface area contributed by atoms with Crippen LogP contribution in [0, 0.1) is 11.3 Å². The number of ether oxygens (including phenoxy) is 3. The van der Waals surface area contributed by atoms with E-state index >= 15 is 0 Å². The zero-order chi connectivity index (χ0) is 19.3. The summed E-state index contributed by atoms with van der Waals surface area (Å²) >= 11 is 5.92. The molecule has 1 saturated heterocycles. The number of nitrogens with zero attached hydrogens (tertiary/aromatic N) is 4. The summed E-state index contributed by atoms with van der Waals surface area (Å²) in [6.07, 6.45) is 3.25. The van der Waals surface area contributed by atoms with Crippen molar-refractivity contribution in [2.75, 3.05) is 57.4 Å². The van der Waals surface area contributed by atoms with Gasteiger partial charge in [-0.25, -0.2) is 0 Å². The summed E-state index contributed by atoms with van der Waals surface area (Å²) in [4.78, 5) is 8.67. The van der Waals surface area contributed by atoms with E-state index in [2.05, 4.69) is 20.9 Å². The fraction of sp³-hybridized carbons (Fsp3) is 0.400. The molecule has 0 unspecified atom stereocenters. The number of nitriles is 1. The summed E-state index contributed by atoms with van der Waals surface area (Å²) in [5.41, 5.74) is 1.51. The van der Waals surface area contributed by atoms with Crippen LogP contribution in [0.3, 0.4) is 0 Å². The summed E-state index contributed by atoms with van der Waals surface area (Å²) < 4.78 is 17.3. The van der Waals surface area contributed by atoms with Crippen molar-refractivity contribution in [1.29, 1.82) is 5.26 Å². The zero-order valence-electron chi connectivity index (χ0n) is 15.4. The average Bonchev–Trinajstić information content (AvgIpc) is 2.74. The molecule has 1 aromatic heterocycles. The maximum atomic E-state index is 9.28. The minimum absolute atomic E-state index is 0.473. The van der Waals surface area contributed by atoms with Crippen LogP contribution in [-0.2, 0) is 0 Å². The van der Waals surface area contributed by atoms with Crippen LogP contribution in [0.15, 0.2) is 30.6 Å². The van der Waals surface area contributed by atoms with Crippen molar-refractivity contribution < 1.29 is 14.2 Å². The van der Waals surface area contributed by atoms with E-state index in [-0.39, 0.29) is 0 Å². The van der Waals surface area contributed by atoms with E-state index in [1.54, 1.807) is 18.5 Å². The number of benzene rings is 1.